The van der Waals surface area contributed by atoms with Crippen LogP contribution in [-0.2, 0) is 9.47 Å². The van der Waals surface area contributed by atoms with Crippen molar-refractivity contribution in [1.29, 1.82) is 0 Å². The SMILES string of the molecule is CCCCC1CCC(COC2CCC(c3ccc(OC)c(F)c3F)CC2)CO1. The molecule has 1 aliphatic carbocycles. The highest BCUT2D eigenvalue weighted by atomic mass is 19.2. The van der Waals surface area contributed by atoms with Crippen molar-refractivity contribution in [3.05, 3.63) is 29.3 Å². The number of methoxy groups -OCH3 is 1. The first-order valence-electron chi connectivity index (χ1n) is 10.9. The second kappa shape index (κ2) is 10.5. The van der Waals surface area contributed by atoms with Crippen molar-refractivity contribution in [2.24, 2.45) is 5.92 Å². The summed E-state index contributed by atoms with van der Waals surface area (Å²) in [5, 5.41) is 0. The van der Waals surface area contributed by atoms with Crippen LogP contribution in [-0.4, -0.2) is 32.5 Å². The van der Waals surface area contributed by atoms with Crippen LogP contribution >= 0.6 is 0 Å². The van der Waals surface area contributed by atoms with Crippen molar-refractivity contribution in [1.82, 2.24) is 0 Å². The minimum Gasteiger partial charge on any atom is -0.494 e. The zero-order valence-corrected chi connectivity index (χ0v) is 17.2. The van der Waals surface area contributed by atoms with Gasteiger partial charge in [0.2, 0.25) is 5.82 Å². The summed E-state index contributed by atoms with van der Waals surface area (Å²) in [6, 6.07) is 3.19. The second-order valence-electron chi connectivity index (χ2n) is 8.33. The molecule has 2 aliphatic rings. The minimum atomic E-state index is -0.882. The monoisotopic (exact) mass is 396 g/mol. The second-order valence-corrected chi connectivity index (χ2v) is 8.33. The molecule has 0 bridgehead atoms. The molecule has 2 fully saturated rings. The Bertz CT molecular complexity index is 606. The number of ether oxygens (including phenoxy) is 3. The Hall–Kier alpha value is -1.20. The van der Waals surface area contributed by atoms with Gasteiger partial charge in [-0.25, -0.2) is 4.39 Å². The lowest BCUT2D eigenvalue weighted by Gasteiger charge is -2.32. The van der Waals surface area contributed by atoms with E-state index in [1.807, 2.05) is 0 Å². The van der Waals surface area contributed by atoms with Crippen molar-refractivity contribution in [3.8, 4) is 5.75 Å². The molecule has 1 aromatic carbocycles. The van der Waals surface area contributed by atoms with E-state index in [4.69, 9.17) is 14.2 Å². The van der Waals surface area contributed by atoms with E-state index in [9.17, 15) is 8.78 Å². The lowest BCUT2D eigenvalue weighted by atomic mass is 9.82. The molecule has 1 aromatic rings. The third kappa shape index (κ3) is 5.44. The van der Waals surface area contributed by atoms with Gasteiger partial charge in [0.1, 0.15) is 0 Å². The average Bonchev–Trinajstić information content (AvgIpc) is 2.74. The van der Waals surface area contributed by atoms with Gasteiger partial charge >= 0.3 is 0 Å². The molecule has 0 spiro atoms. The van der Waals surface area contributed by atoms with Gasteiger partial charge in [-0.05, 0) is 62.5 Å². The van der Waals surface area contributed by atoms with Crippen LogP contribution in [0.2, 0.25) is 0 Å². The smallest absolute Gasteiger partial charge is 0.200 e. The van der Waals surface area contributed by atoms with E-state index >= 15 is 0 Å². The summed E-state index contributed by atoms with van der Waals surface area (Å²) in [5.41, 5.74) is 0.468. The third-order valence-corrected chi connectivity index (χ3v) is 6.32. The molecule has 2 unspecified atom stereocenters. The van der Waals surface area contributed by atoms with Gasteiger partial charge in [0.05, 0.1) is 32.5 Å². The van der Waals surface area contributed by atoms with Crippen LogP contribution in [0.25, 0.3) is 0 Å². The molecule has 1 saturated heterocycles. The van der Waals surface area contributed by atoms with E-state index in [-0.39, 0.29) is 17.8 Å². The number of rotatable bonds is 8. The lowest BCUT2D eigenvalue weighted by molar-refractivity contribution is -0.0650. The molecule has 3 rings (SSSR count). The fraction of sp³-hybridized carbons (Fsp3) is 0.739. The van der Waals surface area contributed by atoms with Crippen LogP contribution in [0.4, 0.5) is 8.78 Å². The molecule has 0 N–H and O–H groups in total. The van der Waals surface area contributed by atoms with Crippen LogP contribution in [0.3, 0.4) is 0 Å². The van der Waals surface area contributed by atoms with Crippen LogP contribution in [0.5, 0.6) is 5.75 Å². The Morgan fingerprint density at radius 3 is 2.46 bits per heavy atom. The van der Waals surface area contributed by atoms with Gasteiger partial charge in [-0.15, -0.1) is 0 Å². The molecular formula is C23H34F2O3. The molecule has 1 saturated carbocycles. The van der Waals surface area contributed by atoms with E-state index in [2.05, 4.69) is 6.92 Å². The largest absolute Gasteiger partial charge is 0.494 e. The molecular weight excluding hydrogens is 362 g/mol. The fourth-order valence-corrected chi connectivity index (χ4v) is 4.48. The standard InChI is InChI=1S/C23H34F2O3/c1-3-4-5-18-9-6-16(14-27-18)15-28-19-10-7-17(8-11-19)20-12-13-21(26-2)23(25)22(20)24/h12-13,16-19H,3-11,14-15H2,1-2H3. The Morgan fingerprint density at radius 2 is 1.82 bits per heavy atom. The highest BCUT2D eigenvalue weighted by Gasteiger charge is 2.28. The van der Waals surface area contributed by atoms with Gasteiger partial charge in [0, 0.05) is 5.92 Å². The molecule has 1 heterocycles. The molecule has 3 nitrogen and oxygen atoms in total. The van der Waals surface area contributed by atoms with Gasteiger partial charge in [-0.1, -0.05) is 25.8 Å². The first kappa shape index (κ1) is 21.5. The summed E-state index contributed by atoms with van der Waals surface area (Å²) < 4.78 is 45.3. The first-order valence-corrected chi connectivity index (χ1v) is 10.9. The molecule has 2 atom stereocenters. The molecule has 0 radical (unpaired) electrons. The van der Waals surface area contributed by atoms with Gasteiger partial charge in [0.25, 0.3) is 0 Å². The summed E-state index contributed by atoms with van der Waals surface area (Å²) in [5.74, 6) is -1.14. The molecule has 28 heavy (non-hydrogen) atoms. The highest BCUT2D eigenvalue weighted by Crippen LogP contribution is 2.37. The Balaban J connectivity index is 1.40. The maximum absolute atomic E-state index is 14.3. The Morgan fingerprint density at radius 1 is 1.04 bits per heavy atom. The van der Waals surface area contributed by atoms with Crippen molar-refractivity contribution in [2.75, 3.05) is 20.3 Å². The van der Waals surface area contributed by atoms with E-state index in [1.54, 1.807) is 6.07 Å². The predicted octanol–water partition coefficient (Wildman–Crippen LogP) is 6.00. The Kier molecular flexibility index (Phi) is 8.10. The number of unbranched alkanes of at least 4 members (excludes halogenated alkanes) is 1. The van der Waals surface area contributed by atoms with Crippen LogP contribution in [0.1, 0.15) is 76.2 Å². The molecule has 1 aliphatic heterocycles. The van der Waals surface area contributed by atoms with E-state index in [0.717, 1.165) is 45.3 Å². The number of hydrogen-bond donors (Lipinski definition) is 0. The van der Waals surface area contributed by atoms with Gasteiger partial charge in [0.15, 0.2) is 11.6 Å². The number of hydrogen-bond acceptors (Lipinski definition) is 3. The summed E-state index contributed by atoms with van der Waals surface area (Å²) in [4.78, 5) is 0. The molecule has 158 valence electrons. The number of halogens is 2. The van der Waals surface area contributed by atoms with Crippen molar-refractivity contribution in [2.45, 2.75) is 82.8 Å². The zero-order valence-electron chi connectivity index (χ0n) is 17.2. The topological polar surface area (TPSA) is 27.7 Å². The maximum atomic E-state index is 14.3. The minimum absolute atomic E-state index is 0.0371. The molecule has 0 amide bonds. The first-order chi connectivity index (χ1) is 13.6. The average molecular weight is 397 g/mol. The third-order valence-electron chi connectivity index (χ3n) is 6.32. The lowest BCUT2D eigenvalue weighted by Crippen LogP contribution is -2.31. The summed E-state index contributed by atoms with van der Waals surface area (Å²) in [7, 11) is 1.35. The van der Waals surface area contributed by atoms with Gasteiger partial charge in [-0.3, -0.25) is 0 Å². The van der Waals surface area contributed by atoms with Crippen LogP contribution in [0, 0.1) is 17.6 Å². The molecule has 0 aromatic heterocycles. The summed E-state index contributed by atoms with van der Waals surface area (Å²) in [6.07, 6.45) is 10.1. The van der Waals surface area contributed by atoms with Crippen molar-refractivity contribution >= 4 is 0 Å². The normalized spacial score (nSPS) is 28.3. The Labute approximate surface area is 167 Å². The van der Waals surface area contributed by atoms with E-state index in [1.165, 1.54) is 38.9 Å². The number of benzene rings is 1. The maximum Gasteiger partial charge on any atom is 0.200 e. The van der Waals surface area contributed by atoms with Crippen molar-refractivity contribution < 1.29 is 23.0 Å². The highest BCUT2D eigenvalue weighted by molar-refractivity contribution is 5.33. The van der Waals surface area contributed by atoms with Crippen molar-refractivity contribution in [3.63, 3.8) is 0 Å². The zero-order chi connectivity index (χ0) is 19.9. The van der Waals surface area contributed by atoms with E-state index in [0.29, 0.717) is 17.6 Å². The van der Waals surface area contributed by atoms with Crippen LogP contribution in [0.15, 0.2) is 12.1 Å². The fourth-order valence-electron chi connectivity index (χ4n) is 4.48. The van der Waals surface area contributed by atoms with Gasteiger partial charge < -0.3 is 14.2 Å². The molecule has 5 heteroatoms. The van der Waals surface area contributed by atoms with E-state index < -0.39 is 11.6 Å². The summed E-state index contributed by atoms with van der Waals surface area (Å²) >= 11 is 0. The van der Waals surface area contributed by atoms with Crippen LogP contribution < -0.4 is 4.74 Å². The predicted molar refractivity (Wildman–Crippen MR) is 106 cm³/mol. The summed E-state index contributed by atoms with van der Waals surface area (Å²) in [6.45, 7) is 3.77. The van der Waals surface area contributed by atoms with Gasteiger partial charge in [-0.2, -0.15) is 4.39 Å². The quantitative estimate of drug-likeness (QED) is 0.539.